The van der Waals surface area contributed by atoms with Crippen molar-refractivity contribution in [2.75, 3.05) is 20.8 Å². The van der Waals surface area contributed by atoms with Crippen LogP contribution in [-0.2, 0) is 61.6 Å². The number of amides is 1. The maximum atomic E-state index is 15.6. The molecule has 10 atom stereocenters. The first-order chi connectivity index (χ1) is 35.1. The van der Waals surface area contributed by atoms with Gasteiger partial charge in [0.1, 0.15) is 46.6 Å². The number of ketones is 2. The molecular weight excluding hydrogens is 1060 g/mol. The minimum Gasteiger partial charge on any atom is -0.497 e. The van der Waals surface area contributed by atoms with E-state index < -0.39 is 155 Å². The lowest BCUT2D eigenvalue weighted by Crippen LogP contribution is -2.81. The number of benzene rings is 1. The number of allylic oxidation sites excluding steroid dienone is 1. The lowest BCUT2D eigenvalue weighted by atomic mass is 9.45. The van der Waals surface area contributed by atoms with Crippen LogP contribution in [0.1, 0.15) is 134 Å². The van der Waals surface area contributed by atoms with Crippen molar-refractivity contribution in [2.45, 2.75) is 199 Å². The number of rotatable bonds is 17. The van der Waals surface area contributed by atoms with Crippen LogP contribution in [0.15, 0.2) is 41.0 Å². The number of alkyl halides is 3. The van der Waals surface area contributed by atoms with Gasteiger partial charge in [-0.15, -0.1) is 0 Å². The number of nitrogens with one attached hydrogen (secondary N) is 1. The molecule has 1 aromatic rings. The van der Waals surface area contributed by atoms with Gasteiger partial charge in [0.25, 0.3) is 0 Å². The van der Waals surface area contributed by atoms with Crippen LogP contribution in [0.3, 0.4) is 0 Å². The van der Waals surface area contributed by atoms with Crippen molar-refractivity contribution < 1.29 is 97.2 Å². The van der Waals surface area contributed by atoms with Gasteiger partial charge in [-0.1, -0.05) is 67.0 Å². The van der Waals surface area contributed by atoms with Crippen LogP contribution in [0, 0.1) is 16.7 Å². The molecule has 1 heterocycles. The van der Waals surface area contributed by atoms with Crippen LogP contribution in [0.4, 0.5) is 18.0 Å². The number of Topliss-reactive ketones (excluding diaryl/α,β-unsaturated/α-hetero) is 2. The quantitative estimate of drug-likeness (QED) is 0.0284. The zero-order valence-electron chi connectivity index (χ0n) is 47.1. The van der Waals surface area contributed by atoms with E-state index in [1.54, 1.807) is 40.7 Å². The molecule has 2 saturated carbocycles. The number of hydrogen-bond acceptors (Lipinski definition) is 18. The summed E-state index contributed by atoms with van der Waals surface area (Å²) >= 11 is 0. The number of aliphatic hydroxyl groups is 1. The molecule has 77 heavy (non-hydrogen) atoms. The van der Waals surface area contributed by atoms with Gasteiger partial charge in [-0.3, -0.25) is 18.6 Å². The number of methoxy groups -OCH3 is 2. The highest BCUT2D eigenvalue weighted by molar-refractivity contribution is 7.87. The van der Waals surface area contributed by atoms with E-state index in [-0.39, 0.29) is 39.3 Å². The second-order valence-corrected chi connectivity index (χ2v) is 30.4. The highest BCUT2D eigenvalue weighted by atomic mass is 32.2. The normalized spacial score (nSPS) is 28.2. The highest BCUT2D eigenvalue weighted by Gasteiger charge is 2.79. The third-order valence-corrected chi connectivity index (χ3v) is 23.0. The fraction of sp³-hybridized carbons (Fsp3) is 0.698. The number of ether oxygens (including phenoxy) is 7. The number of carbonyl (C=O) groups excluding carboxylic acids is 6. The van der Waals surface area contributed by atoms with Gasteiger partial charge in [-0.25, -0.2) is 14.4 Å². The molecule has 3 fully saturated rings. The van der Waals surface area contributed by atoms with Gasteiger partial charge >= 0.3 is 39.6 Å². The van der Waals surface area contributed by atoms with E-state index in [2.05, 4.69) is 5.32 Å². The van der Waals surface area contributed by atoms with Crippen molar-refractivity contribution in [2.24, 2.45) is 16.7 Å². The van der Waals surface area contributed by atoms with Crippen LogP contribution >= 0.6 is 0 Å². The van der Waals surface area contributed by atoms with E-state index in [0.717, 1.165) is 13.8 Å². The van der Waals surface area contributed by atoms with Gasteiger partial charge < -0.3 is 48.0 Å². The first kappa shape index (κ1) is 63.0. The molecule has 0 unspecified atom stereocenters. The van der Waals surface area contributed by atoms with Crippen LogP contribution < -0.4 is 14.8 Å². The van der Waals surface area contributed by atoms with Crippen LogP contribution in [0.25, 0.3) is 0 Å². The fourth-order valence-electron chi connectivity index (χ4n) is 12.4. The molecule has 24 heteroatoms. The summed E-state index contributed by atoms with van der Waals surface area (Å²) < 4.78 is 122. The summed E-state index contributed by atoms with van der Waals surface area (Å²) in [6.45, 7) is 25.4. The van der Waals surface area contributed by atoms with Crippen molar-refractivity contribution in [3.63, 3.8) is 0 Å². The summed E-state index contributed by atoms with van der Waals surface area (Å²) in [7, 11) is -7.24. The van der Waals surface area contributed by atoms with E-state index in [9.17, 15) is 36.3 Å². The van der Waals surface area contributed by atoms with Crippen LogP contribution in [0.2, 0.25) is 16.6 Å². The van der Waals surface area contributed by atoms with E-state index in [1.165, 1.54) is 53.2 Å². The molecule has 0 spiro atoms. The summed E-state index contributed by atoms with van der Waals surface area (Å²) in [5, 5.41) is 16.8. The lowest BCUT2D eigenvalue weighted by Gasteiger charge is -2.66. The smallest absolute Gasteiger partial charge is 0.497 e. The van der Waals surface area contributed by atoms with Crippen LogP contribution in [-0.4, -0.2) is 137 Å². The molecule has 1 amide bonds. The Morgan fingerprint density at radius 2 is 1.51 bits per heavy atom. The predicted octanol–water partition coefficient (Wildman–Crippen LogP) is 8.15. The number of carbonyl (C=O) groups is 6. The molecule has 0 radical (unpaired) electrons. The summed E-state index contributed by atoms with van der Waals surface area (Å²) in [5.74, 6) is -8.76. The van der Waals surface area contributed by atoms with Crippen molar-refractivity contribution in [3.8, 4) is 11.5 Å². The Morgan fingerprint density at radius 3 is 1.97 bits per heavy atom. The highest BCUT2D eigenvalue weighted by Crippen LogP contribution is 2.64. The average Bonchev–Trinajstić information content (AvgIpc) is 3.27. The zero-order chi connectivity index (χ0) is 58.7. The molecule has 4 aliphatic rings. The number of alkyl carbamates (subject to hydrolysis) is 1. The second-order valence-electron chi connectivity index (χ2n) is 23.4. The molecule has 2 N–H and O–H groups in total. The van der Waals surface area contributed by atoms with Gasteiger partial charge in [-0.05, 0) is 88.9 Å². The van der Waals surface area contributed by atoms with Crippen molar-refractivity contribution in [1.29, 1.82) is 0 Å². The Morgan fingerprint density at radius 1 is 0.922 bits per heavy atom. The van der Waals surface area contributed by atoms with Gasteiger partial charge in [0, 0.05) is 30.8 Å². The Labute approximate surface area is 449 Å². The molecule has 0 aromatic heterocycles. The lowest BCUT2D eigenvalue weighted by molar-refractivity contribution is -0.342. The first-order valence-corrected chi connectivity index (χ1v) is 29.0. The van der Waals surface area contributed by atoms with Crippen molar-refractivity contribution in [3.05, 3.63) is 46.6 Å². The average molecular weight is 1130 g/mol. The third kappa shape index (κ3) is 11.3. The summed E-state index contributed by atoms with van der Waals surface area (Å²) in [6.07, 6.45) is -10.9. The maximum absolute atomic E-state index is 15.6. The molecular formula is C53H76F3NO18SSi. The molecule has 19 nitrogen and oxygen atoms in total. The Hall–Kier alpha value is -4.88. The SMILES string of the molecule is COc1ccc(OC)c(C(=O)O[C@H]2[C@@H]3[C@]4(OC(C)=O)CO[C@@H]4C[C@H](OS(=O)(=O)C(F)(F)F)[C@@]3(C)C(=O)C(=O)C3=C(C)[C@@H](OC(=O)[C@H](O[Si](C(C)C)(C(C)C)C(C)C)[C@H](C=C(C)C)NC(=O)OC(C)(C)C)C[C@]2(O)C3(C)C)c1. The minimum absolute atomic E-state index is 0.0988. The topological polar surface area (TPSA) is 252 Å². The fourth-order valence-corrected chi connectivity index (χ4v) is 18.6. The number of hydrogen-bond donors (Lipinski definition) is 2. The Kier molecular flexibility index (Phi) is 18.0. The maximum Gasteiger partial charge on any atom is 0.523 e. The molecule has 5 rings (SSSR count). The predicted molar refractivity (Wildman–Crippen MR) is 273 cm³/mol. The Balaban J connectivity index is 1.88. The van der Waals surface area contributed by atoms with Gasteiger partial charge in [0.2, 0.25) is 19.9 Å². The third-order valence-electron chi connectivity index (χ3n) is 15.9. The standard InChI is InChI=1S/C53H76F3NO18SSi/c1-26(2)21-34(57-47(63)73-48(11,12)13)41(75-77(27(3)4,28(5)6)29(7)8)46(62)70-36-24-52(64)44(71-45(61)33-22-32(67-17)19-20-35(33)68-18)42-50(16,43(60)40(59)39(30(36)9)49(52,14)15)37(74-76(65,66)53(54,55)56)23-38-51(42,25-69-38)72-31(10)58/h19-22,27-29,34,36-38,41-42,44,64H,23-25H2,1-18H3,(H,57,63)/t34-,36-,37-,38+,41+,42-,44-,50+,51-,52+/m0/s1. The molecule has 2 bridgehead atoms. The molecule has 432 valence electrons. The summed E-state index contributed by atoms with van der Waals surface area (Å²) in [5.41, 5.74) is -18.0. The number of esters is 3. The van der Waals surface area contributed by atoms with Gasteiger partial charge in [0.05, 0.1) is 44.3 Å². The summed E-state index contributed by atoms with van der Waals surface area (Å²) in [6, 6.07) is 2.71. The molecule has 1 aromatic carbocycles. The van der Waals surface area contributed by atoms with Crippen molar-refractivity contribution >= 4 is 54.0 Å². The molecule has 1 saturated heterocycles. The monoisotopic (exact) mass is 1130 g/mol. The molecule has 3 aliphatic carbocycles. The second kappa shape index (κ2) is 22.0. The van der Waals surface area contributed by atoms with Crippen LogP contribution in [0.5, 0.6) is 11.5 Å². The number of fused-ring (bicyclic) bond motifs is 5. The van der Waals surface area contributed by atoms with E-state index in [4.69, 9.17) is 41.8 Å². The molecule has 1 aliphatic heterocycles. The minimum atomic E-state index is -6.61. The largest absolute Gasteiger partial charge is 0.523 e. The Bertz CT molecular complexity index is 2650. The number of halogens is 3. The zero-order valence-corrected chi connectivity index (χ0v) is 49.0. The summed E-state index contributed by atoms with van der Waals surface area (Å²) in [4.78, 5) is 88.6. The van der Waals surface area contributed by atoms with E-state index in [1.807, 2.05) is 41.5 Å². The van der Waals surface area contributed by atoms with E-state index >= 15 is 19.2 Å². The first-order valence-electron chi connectivity index (χ1n) is 25.4. The van der Waals surface area contributed by atoms with Crippen molar-refractivity contribution in [1.82, 2.24) is 5.32 Å². The van der Waals surface area contributed by atoms with Gasteiger partial charge in [-0.2, -0.15) is 21.6 Å². The van der Waals surface area contributed by atoms with Gasteiger partial charge in [0.15, 0.2) is 11.7 Å². The van der Waals surface area contributed by atoms with E-state index in [0.29, 0.717) is 5.57 Å².